The number of nitrogens with one attached hydrogen (secondary N) is 1. The predicted octanol–water partition coefficient (Wildman–Crippen LogP) is 2.20. The Morgan fingerprint density at radius 1 is 1.53 bits per heavy atom. The molecule has 1 saturated carbocycles. The molecule has 1 N–H and O–H groups in total. The summed E-state index contributed by atoms with van der Waals surface area (Å²) in [7, 11) is 0. The molecule has 0 radical (unpaired) electrons. The van der Waals surface area contributed by atoms with Crippen molar-refractivity contribution in [3.8, 4) is 0 Å². The van der Waals surface area contributed by atoms with E-state index >= 15 is 0 Å². The van der Waals surface area contributed by atoms with Crippen molar-refractivity contribution in [2.24, 2.45) is 5.92 Å². The Hall–Kier alpha value is -0.940. The van der Waals surface area contributed by atoms with E-state index in [1.807, 2.05) is 6.92 Å². The van der Waals surface area contributed by atoms with Crippen molar-refractivity contribution in [2.75, 3.05) is 19.7 Å². The van der Waals surface area contributed by atoms with Crippen LogP contribution in [-0.2, 0) is 10.2 Å². The molecule has 2 unspecified atom stereocenters. The Kier molecular flexibility index (Phi) is 3.58. The Morgan fingerprint density at radius 3 is 3.00 bits per heavy atom. The molecule has 1 aliphatic carbocycles. The average molecular weight is 265 g/mol. The Labute approximate surface area is 114 Å². The first-order valence-corrected chi connectivity index (χ1v) is 7.39. The lowest BCUT2D eigenvalue weighted by Gasteiger charge is -2.30. The zero-order chi connectivity index (χ0) is 13.3. The highest BCUT2D eigenvalue weighted by Gasteiger charge is 2.39. The molecule has 106 valence electrons. The van der Waals surface area contributed by atoms with Crippen molar-refractivity contribution < 1.29 is 9.26 Å². The number of hydrogen-bond donors (Lipinski definition) is 1. The minimum absolute atomic E-state index is 0.0240. The largest absolute Gasteiger partial charge is 0.370 e. The Morgan fingerprint density at radius 2 is 2.37 bits per heavy atom. The molecule has 0 bridgehead atoms. The zero-order valence-electron chi connectivity index (χ0n) is 11.8. The van der Waals surface area contributed by atoms with Crippen LogP contribution in [0.25, 0.3) is 0 Å². The van der Waals surface area contributed by atoms with E-state index in [-0.39, 0.29) is 11.5 Å². The van der Waals surface area contributed by atoms with Gasteiger partial charge in [-0.1, -0.05) is 5.16 Å². The van der Waals surface area contributed by atoms with Crippen LogP contribution >= 0.6 is 0 Å². The Balaban J connectivity index is 1.77. The van der Waals surface area contributed by atoms with Crippen LogP contribution in [-0.4, -0.2) is 29.8 Å². The van der Waals surface area contributed by atoms with Gasteiger partial charge in [-0.25, -0.2) is 0 Å². The fourth-order valence-corrected chi connectivity index (χ4v) is 2.83. The molecule has 19 heavy (non-hydrogen) atoms. The van der Waals surface area contributed by atoms with Gasteiger partial charge in [0.2, 0.25) is 11.7 Å². The summed E-state index contributed by atoms with van der Waals surface area (Å²) in [6, 6.07) is 0. The van der Waals surface area contributed by atoms with Gasteiger partial charge in [-0.15, -0.1) is 0 Å². The third-order valence-electron chi connectivity index (χ3n) is 4.21. The quantitative estimate of drug-likeness (QED) is 0.884. The van der Waals surface area contributed by atoms with Gasteiger partial charge in [0, 0.05) is 13.2 Å². The number of ether oxygens (including phenoxy) is 1. The zero-order valence-corrected chi connectivity index (χ0v) is 11.8. The highest BCUT2D eigenvalue weighted by atomic mass is 16.5. The first-order valence-electron chi connectivity index (χ1n) is 7.39. The Bertz CT molecular complexity index is 422. The second-order valence-electron chi connectivity index (χ2n) is 6.01. The van der Waals surface area contributed by atoms with E-state index in [2.05, 4.69) is 22.4 Å². The lowest BCUT2D eigenvalue weighted by atomic mass is 9.83. The number of piperidine rings is 1. The van der Waals surface area contributed by atoms with E-state index in [1.54, 1.807) is 0 Å². The van der Waals surface area contributed by atoms with E-state index in [9.17, 15) is 0 Å². The van der Waals surface area contributed by atoms with E-state index in [0.717, 1.165) is 37.6 Å². The van der Waals surface area contributed by atoms with Gasteiger partial charge >= 0.3 is 0 Å². The van der Waals surface area contributed by atoms with E-state index in [0.29, 0.717) is 12.5 Å². The third-order valence-corrected chi connectivity index (χ3v) is 4.21. The molecule has 0 spiro atoms. The molecule has 2 fully saturated rings. The molecule has 2 atom stereocenters. The summed E-state index contributed by atoms with van der Waals surface area (Å²) >= 11 is 0. The average Bonchev–Trinajstić information content (AvgIpc) is 3.13. The lowest BCUT2D eigenvalue weighted by Crippen LogP contribution is -2.41. The van der Waals surface area contributed by atoms with Crippen LogP contribution < -0.4 is 5.32 Å². The lowest BCUT2D eigenvalue weighted by molar-refractivity contribution is 0.0384. The van der Waals surface area contributed by atoms with Gasteiger partial charge < -0.3 is 14.6 Å². The second-order valence-corrected chi connectivity index (χ2v) is 6.01. The number of rotatable bonds is 5. The highest BCUT2D eigenvalue weighted by molar-refractivity contribution is 5.08. The SMILES string of the molecule is CCOC(c1noc(C2(C)CCCNC2)n1)C1CC1. The molecule has 5 nitrogen and oxygen atoms in total. The van der Waals surface area contributed by atoms with Crippen molar-refractivity contribution in [1.29, 1.82) is 0 Å². The molecule has 1 aromatic heterocycles. The highest BCUT2D eigenvalue weighted by Crippen LogP contribution is 2.42. The van der Waals surface area contributed by atoms with E-state index < -0.39 is 0 Å². The molecular weight excluding hydrogens is 242 g/mol. The molecule has 5 heteroatoms. The van der Waals surface area contributed by atoms with Crippen LogP contribution in [0.1, 0.15) is 57.3 Å². The fraction of sp³-hybridized carbons (Fsp3) is 0.857. The number of nitrogens with zero attached hydrogens (tertiary/aromatic N) is 2. The van der Waals surface area contributed by atoms with Gasteiger partial charge in [0.1, 0.15) is 6.10 Å². The predicted molar refractivity (Wildman–Crippen MR) is 70.8 cm³/mol. The first kappa shape index (κ1) is 13.1. The van der Waals surface area contributed by atoms with Gasteiger partial charge in [0.15, 0.2) is 0 Å². The summed E-state index contributed by atoms with van der Waals surface area (Å²) in [6.07, 6.45) is 4.72. The van der Waals surface area contributed by atoms with E-state index in [1.165, 1.54) is 12.8 Å². The van der Waals surface area contributed by atoms with Crippen LogP contribution in [0.5, 0.6) is 0 Å². The van der Waals surface area contributed by atoms with Gasteiger partial charge in [-0.3, -0.25) is 0 Å². The van der Waals surface area contributed by atoms with Crippen LogP contribution in [0.4, 0.5) is 0 Å². The molecule has 2 aliphatic rings. The van der Waals surface area contributed by atoms with Gasteiger partial charge in [0.05, 0.1) is 5.41 Å². The van der Waals surface area contributed by atoms with Crippen LogP contribution in [0.15, 0.2) is 4.52 Å². The number of hydrogen-bond acceptors (Lipinski definition) is 5. The molecular formula is C14H23N3O2. The maximum atomic E-state index is 5.78. The van der Waals surface area contributed by atoms with E-state index in [4.69, 9.17) is 9.26 Å². The molecule has 3 rings (SSSR count). The standard InChI is InChI=1S/C14H23N3O2/c1-3-18-11(10-5-6-10)12-16-13(19-17-12)14(2)7-4-8-15-9-14/h10-11,15H,3-9H2,1-2H3. The van der Waals surface area contributed by atoms with Crippen LogP contribution in [0.2, 0.25) is 0 Å². The smallest absolute Gasteiger partial charge is 0.233 e. The summed E-state index contributed by atoms with van der Waals surface area (Å²) in [5.74, 6) is 2.09. The molecule has 0 amide bonds. The summed E-state index contributed by atoms with van der Waals surface area (Å²) in [6.45, 7) is 6.91. The van der Waals surface area contributed by atoms with Gasteiger partial charge in [-0.2, -0.15) is 4.98 Å². The second kappa shape index (κ2) is 5.21. The molecule has 1 aromatic rings. The van der Waals surface area contributed by atoms with Crippen LogP contribution in [0.3, 0.4) is 0 Å². The van der Waals surface area contributed by atoms with Gasteiger partial charge in [0.25, 0.3) is 0 Å². The summed E-state index contributed by atoms with van der Waals surface area (Å²) in [5, 5.41) is 7.59. The minimum Gasteiger partial charge on any atom is -0.370 e. The van der Waals surface area contributed by atoms with Crippen molar-refractivity contribution in [3.05, 3.63) is 11.7 Å². The van der Waals surface area contributed by atoms with Gasteiger partial charge in [-0.05, 0) is 52.0 Å². The summed E-state index contributed by atoms with van der Waals surface area (Å²) in [5.41, 5.74) is -0.0240. The molecule has 0 aromatic carbocycles. The topological polar surface area (TPSA) is 60.2 Å². The van der Waals surface area contributed by atoms with Crippen molar-refractivity contribution in [3.63, 3.8) is 0 Å². The van der Waals surface area contributed by atoms with Crippen molar-refractivity contribution in [1.82, 2.24) is 15.5 Å². The molecule has 2 heterocycles. The molecule has 1 saturated heterocycles. The normalized spacial score (nSPS) is 29.4. The third kappa shape index (κ3) is 2.67. The molecule has 1 aliphatic heterocycles. The summed E-state index contributed by atoms with van der Waals surface area (Å²) < 4.78 is 11.3. The monoisotopic (exact) mass is 265 g/mol. The maximum Gasteiger partial charge on any atom is 0.233 e. The first-order chi connectivity index (χ1) is 9.23. The van der Waals surface area contributed by atoms with Crippen molar-refractivity contribution in [2.45, 2.75) is 51.0 Å². The maximum absolute atomic E-state index is 5.78. The number of aromatic nitrogens is 2. The summed E-state index contributed by atoms with van der Waals surface area (Å²) in [4.78, 5) is 4.64. The van der Waals surface area contributed by atoms with Crippen molar-refractivity contribution >= 4 is 0 Å². The fourth-order valence-electron chi connectivity index (χ4n) is 2.83. The van der Waals surface area contributed by atoms with Crippen LogP contribution in [0, 0.1) is 5.92 Å². The minimum atomic E-state index is -0.0240.